The normalized spacial score (nSPS) is 20.5. The van der Waals surface area contributed by atoms with Crippen LogP contribution in [0.1, 0.15) is 33.6 Å². The number of hydrogen-bond acceptors (Lipinski definition) is 3. The van der Waals surface area contributed by atoms with E-state index in [0.29, 0.717) is 23.7 Å². The predicted octanol–water partition coefficient (Wildman–Crippen LogP) is 1.54. The molecule has 1 N–H and O–H groups in total. The second kappa shape index (κ2) is 6.72. The second-order valence-corrected chi connectivity index (χ2v) is 5.65. The predicted molar refractivity (Wildman–Crippen MR) is 80.3 cm³/mol. The van der Waals surface area contributed by atoms with Crippen molar-refractivity contribution in [3.8, 4) is 0 Å². The van der Waals surface area contributed by atoms with Gasteiger partial charge in [0, 0.05) is 44.3 Å². The maximum absolute atomic E-state index is 12.3. The third kappa shape index (κ3) is 3.61. The van der Waals surface area contributed by atoms with Crippen LogP contribution in [-0.2, 0) is 4.74 Å². The fraction of sp³-hybridized carbons (Fsp3) is 0.500. The van der Waals surface area contributed by atoms with E-state index in [9.17, 15) is 9.59 Å². The lowest BCUT2D eigenvalue weighted by Gasteiger charge is -2.36. The van der Waals surface area contributed by atoms with Crippen LogP contribution in [0.15, 0.2) is 24.3 Å². The number of methoxy groups -OCH3 is 1. The SMILES string of the molecule is COC[C@H]1CC[C@H]1NC(=O)c1cccc(C(=O)N(C)C)c1. The van der Waals surface area contributed by atoms with Crippen LogP contribution >= 0.6 is 0 Å². The van der Waals surface area contributed by atoms with Gasteiger partial charge in [0.1, 0.15) is 0 Å². The summed E-state index contributed by atoms with van der Waals surface area (Å²) in [6, 6.07) is 6.99. The van der Waals surface area contributed by atoms with Gasteiger partial charge in [0.05, 0.1) is 6.61 Å². The number of rotatable bonds is 5. The van der Waals surface area contributed by atoms with Crippen LogP contribution in [0.3, 0.4) is 0 Å². The van der Waals surface area contributed by atoms with Gasteiger partial charge in [0.2, 0.25) is 0 Å². The largest absolute Gasteiger partial charge is 0.384 e. The first-order valence-corrected chi connectivity index (χ1v) is 7.14. The standard InChI is InChI=1S/C16H22N2O3/c1-18(2)16(20)12-6-4-5-11(9-12)15(19)17-14-8-7-13(14)10-21-3/h4-6,9,13-14H,7-8,10H2,1-3H3,(H,17,19)/t13-,14-/m1/s1. The molecule has 2 rings (SSSR count). The maximum atomic E-state index is 12.3. The van der Waals surface area contributed by atoms with E-state index in [-0.39, 0.29) is 17.9 Å². The zero-order valence-corrected chi connectivity index (χ0v) is 12.8. The van der Waals surface area contributed by atoms with Crippen LogP contribution in [-0.4, -0.2) is 50.6 Å². The molecule has 0 unspecified atom stereocenters. The zero-order chi connectivity index (χ0) is 15.4. The van der Waals surface area contributed by atoms with E-state index >= 15 is 0 Å². The van der Waals surface area contributed by atoms with Crippen molar-refractivity contribution in [1.29, 1.82) is 0 Å². The molecule has 0 heterocycles. The van der Waals surface area contributed by atoms with Crippen LogP contribution in [0.4, 0.5) is 0 Å². The van der Waals surface area contributed by atoms with Gasteiger partial charge in [-0.25, -0.2) is 0 Å². The molecule has 0 aliphatic heterocycles. The van der Waals surface area contributed by atoms with Crippen LogP contribution in [0, 0.1) is 5.92 Å². The Morgan fingerprint density at radius 1 is 1.29 bits per heavy atom. The highest BCUT2D eigenvalue weighted by atomic mass is 16.5. The number of nitrogens with zero attached hydrogens (tertiary/aromatic N) is 1. The van der Waals surface area contributed by atoms with Gasteiger partial charge in [-0.15, -0.1) is 0 Å². The topological polar surface area (TPSA) is 58.6 Å². The summed E-state index contributed by atoms with van der Waals surface area (Å²) >= 11 is 0. The minimum absolute atomic E-state index is 0.106. The lowest BCUT2D eigenvalue weighted by molar-refractivity contribution is 0.0671. The van der Waals surface area contributed by atoms with Gasteiger partial charge in [-0.05, 0) is 31.0 Å². The molecule has 1 aromatic carbocycles. The van der Waals surface area contributed by atoms with E-state index in [1.54, 1.807) is 45.5 Å². The first kappa shape index (κ1) is 15.5. The van der Waals surface area contributed by atoms with Gasteiger partial charge >= 0.3 is 0 Å². The summed E-state index contributed by atoms with van der Waals surface area (Å²) in [5.41, 5.74) is 1.04. The van der Waals surface area contributed by atoms with Gasteiger partial charge < -0.3 is 15.0 Å². The van der Waals surface area contributed by atoms with Crippen molar-refractivity contribution in [3.05, 3.63) is 35.4 Å². The van der Waals surface area contributed by atoms with Gasteiger partial charge in [-0.3, -0.25) is 9.59 Å². The molecule has 1 aliphatic rings. The number of benzene rings is 1. The van der Waals surface area contributed by atoms with E-state index < -0.39 is 0 Å². The molecule has 1 saturated carbocycles. The van der Waals surface area contributed by atoms with Crippen LogP contribution < -0.4 is 5.32 Å². The Morgan fingerprint density at radius 3 is 2.57 bits per heavy atom. The van der Waals surface area contributed by atoms with Crippen LogP contribution in [0.5, 0.6) is 0 Å². The van der Waals surface area contributed by atoms with Crippen molar-refractivity contribution in [3.63, 3.8) is 0 Å². The lowest BCUT2D eigenvalue weighted by Crippen LogP contribution is -2.48. The Balaban J connectivity index is 2.03. The van der Waals surface area contributed by atoms with Crippen molar-refractivity contribution in [2.75, 3.05) is 27.8 Å². The van der Waals surface area contributed by atoms with E-state index in [0.717, 1.165) is 12.8 Å². The number of nitrogens with one attached hydrogen (secondary N) is 1. The molecule has 5 nitrogen and oxygen atoms in total. The zero-order valence-electron chi connectivity index (χ0n) is 12.8. The molecule has 1 aliphatic carbocycles. The first-order chi connectivity index (χ1) is 10.0. The highest BCUT2D eigenvalue weighted by Crippen LogP contribution is 2.27. The number of carbonyl (C=O) groups excluding carboxylic acids is 2. The van der Waals surface area contributed by atoms with Gasteiger partial charge in [0.25, 0.3) is 11.8 Å². The summed E-state index contributed by atoms with van der Waals surface area (Å²) in [7, 11) is 5.06. The Hall–Kier alpha value is -1.88. The Labute approximate surface area is 125 Å². The maximum Gasteiger partial charge on any atom is 0.253 e. The number of ether oxygens (including phenoxy) is 1. The molecule has 0 saturated heterocycles. The number of amides is 2. The van der Waals surface area contributed by atoms with E-state index in [1.165, 1.54) is 4.90 Å². The van der Waals surface area contributed by atoms with E-state index in [2.05, 4.69) is 5.32 Å². The Bertz CT molecular complexity index is 528. The van der Waals surface area contributed by atoms with Crippen molar-refractivity contribution >= 4 is 11.8 Å². The molecule has 2 atom stereocenters. The molecule has 0 bridgehead atoms. The molecular weight excluding hydrogens is 268 g/mol. The molecule has 114 valence electrons. The minimum Gasteiger partial charge on any atom is -0.384 e. The van der Waals surface area contributed by atoms with E-state index in [1.807, 2.05) is 0 Å². The summed E-state index contributed by atoms with van der Waals surface area (Å²) in [6.07, 6.45) is 2.06. The molecule has 0 aromatic heterocycles. The monoisotopic (exact) mass is 290 g/mol. The summed E-state index contributed by atoms with van der Waals surface area (Å²) in [5, 5.41) is 3.02. The fourth-order valence-corrected chi connectivity index (χ4v) is 2.48. The van der Waals surface area contributed by atoms with Gasteiger partial charge in [-0.1, -0.05) is 6.07 Å². The van der Waals surface area contributed by atoms with Crippen molar-refractivity contribution < 1.29 is 14.3 Å². The molecule has 21 heavy (non-hydrogen) atoms. The summed E-state index contributed by atoms with van der Waals surface area (Å²) < 4.78 is 5.14. The van der Waals surface area contributed by atoms with Crippen LogP contribution in [0.25, 0.3) is 0 Å². The lowest BCUT2D eigenvalue weighted by atomic mass is 9.80. The number of hydrogen-bond donors (Lipinski definition) is 1. The highest BCUT2D eigenvalue weighted by Gasteiger charge is 2.32. The summed E-state index contributed by atoms with van der Waals surface area (Å²) in [4.78, 5) is 25.7. The first-order valence-electron chi connectivity index (χ1n) is 7.14. The molecule has 1 fully saturated rings. The minimum atomic E-state index is -0.130. The fourth-order valence-electron chi connectivity index (χ4n) is 2.48. The number of carbonyl (C=O) groups is 2. The average Bonchev–Trinajstić information content (AvgIpc) is 2.48. The summed E-state index contributed by atoms with van der Waals surface area (Å²) in [6.45, 7) is 0.671. The van der Waals surface area contributed by atoms with Gasteiger partial charge in [0.15, 0.2) is 0 Å². The smallest absolute Gasteiger partial charge is 0.253 e. The average molecular weight is 290 g/mol. The Kier molecular flexibility index (Phi) is 4.96. The van der Waals surface area contributed by atoms with Crippen molar-refractivity contribution in [2.24, 2.45) is 5.92 Å². The quantitative estimate of drug-likeness (QED) is 0.895. The Morgan fingerprint density at radius 2 is 2.00 bits per heavy atom. The molecule has 1 aromatic rings. The van der Waals surface area contributed by atoms with E-state index in [4.69, 9.17) is 4.74 Å². The third-order valence-electron chi connectivity index (χ3n) is 3.89. The van der Waals surface area contributed by atoms with Gasteiger partial charge in [-0.2, -0.15) is 0 Å². The summed E-state index contributed by atoms with van der Waals surface area (Å²) in [5.74, 6) is 0.158. The molecule has 0 radical (unpaired) electrons. The van der Waals surface area contributed by atoms with Crippen molar-refractivity contribution in [2.45, 2.75) is 18.9 Å². The third-order valence-corrected chi connectivity index (χ3v) is 3.89. The molecular formula is C16H22N2O3. The molecule has 2 amide bonds. The van der Waals surface area contributed by atoms with Crippen LogP contribution in [0.2, 0.25) is 0 Å². The van der Waals surface area contributed by atoms with Crippen molar-refractivity contribution in [1.82, 2.24) is 10.2 Å². The molecule has 5 heteroatoms. The second-order valence-electron chi connectivity index (χ2n) is 5.65. The highest BCUT2D eigenvalue weighted by molar-refractivity contribution is 5.99. The molecule has 0 spiro atoms.